The molecule has 0 radical (unpaired) electrons. The van der Waals surface area contributed by atoms with Crippen LogP contribution >= 0.6 is 11.3 Å². The van der Waals surface area contributed by atoms with E-state index in [0.29, 0.717) is 10.4 Å². The van der Waals surface area contributed by atoms with Crippen LogP contribution in [0.2, 0.25) is 0 Å². The summed E-state index contributed by atoms with van der Waals surface area (Å²) in [6.07, 6.45) is 0. The third-order valence-electron chi connectivity index (χ3n) is 3.49. The molecule has 0 fully saturated rings. The predicted octanol–water partition coefficient (Wildman–Crippen LogP) is 2.70. The monoisotopic (exact) mass is 348 g/mol. The maximum Gasteiger partial charge on any atom is 0.336 e. The first kappa shape index (κ1) is 17.4. The summed E-state index contributed by atoms with van der Waals surface area (Å²) in [5.74, 6) is -0.408. The molecule has 1 atom stereocenters. The van der Waals surface area contributed by atoms with E-state index in [-0.39, 0.29) is 5.69 Å². The molecule has 0 unspecified atom stereocenters. The summed E-state index contributed by atoms with van der Waals surface area (Å²) in [6.45, 7) is 1.74. The lowest BCUT2D eigenvalue weighted by Gasteiger charge is -2.25. The van der Waals surface area contributed by atoms with Gasteiger partial charge in [0.25, 0.3) is 11.6 Å². The van der Waals surface area contributed by atoms with Gasteiger partial charge in [-0.15, -0.1) is 11.3 Å². The van der Waals surface area contributed by atoms with Crippen LogP contribution in [0.1, 0.15) is 28.2 Å². The van der Waals surface area contributed by atoms with Crippen LogP contribution < -0.4 is 10.9 Å². The summed E-state index contributed by atoms with van der Waals surface area (Å²) in [7, 11) is 1.54. The van der Waals surface area contributed by atoms with Crippen LogP contribution in [0.3, 0.4) is 0 Å². The quantitative estimate of drug-likeness (QED) is 0.654. The first-order chi connectivity index (χ1) is 11.4. The molecule has 24 heavy (non-hydrogen) atoms. The van der Waals surface area contributed by atoms with Crippen LogP contribution in [0, 0.1) is 10.1 Å². The van der Waals surface area contributed by atoms with Gasteiger partial charge in [0, 0.05) is 19.2 Å². The number of benzene rings is 1. The van der Waals surface area contributed by atoms with E-state index in [1.807, 2.05) is 0 Å². The molecule has 2 rings (SSSR count). The van der Waals surface area contributed by atoms with Gasteiger partial charge in [-0.25, -0.2) is 10.2 Å². The number of hydrogen-bond donors (Lipinski definition) is 2. The number of amides is 3. The molecular formula is C15H16N4O4S. The van der Waals surface area contributed by atoms with Crippen molar-refractivity contribution in [1.82, 2.24) is 15.8 Å². The summed E-state index contributed by atoms with van der Waals surface area (Å²) < 4.78 is 0. The van der Waals surface area contributed by atoms with Gasteiger partial charge in [0.2, 0.25) is 0 Å². The highest BCUT2D eigenvalue weighted by Gasteiger charge is 2.20. The van der Waals surface area contributed by atoms with Crippen LogP contribution in [-0.2, 0) is 0 Å². The number of thiophene rings is 1. The smallest absolute Gasteiger partial charge is 0.320 e. The Kier molecular flexibility index (Phi) is 5.48. The molecule has 0 aliphatic carbocycles. The minimum Gasteiger partial charge on any atom is -0.320 e. The number of carbonyl (C=O) groups excluding carboxylic acids is 2. The van der Waals surface area contributed by atoms with Gasteiger partial charge in [-0.1, -0.05) is 18.2 Å². The Morgan fingerprint density at radius 2 is 2.00 bits per heavy atom. The largest absolute Gasteiger partial charge is 0.336 e. The van der Waals surface area contributed by atoms with E-state index < -0.39 is 22.9 Å². The zero-order chi connectivity index (χ0) is 17.7. The molecule has 1 aromatic heterocycles. The second kappa shape index (κ2) is 7.55. The highest BCUT2D eigenvalue weighted by atomic mass is 32.1. The van der Waals surface area contributed by atoms with E-state index >= 15 is 0 Å². The van der Waals surface area contributed by atoms with Crippen molar-refractivity contribution in [3.05, 3.63) is 62.3 Å². The molecule has 126 valence electrons. The number of urea groups is 1. The maximum absolute atomic E-state index is 12.1. The van der Waals surface area contributed by atoms with Gasteiger partial charge in [-0.3, -0.25) is 20.3 Å². The number of nitrogens with zero attached hydrogens (tertiary/aromatic N) is 2. The molecule has 9 heteroatoms. The molecule has 0 bridgehead atoms. The fourth-order valence-electron chi connectivity index (χ4n) is 1.97. The number of non-ortho nitro benzene ring substituents is 1. The van der Waals surface area contributed by atoms with Crippen molar-refractivity contribution < 1.29 is 14.5 Å². The second-order valence-electron chi connectivity index (χ2n) is 5.00. The van der Waals surface area contributed by atoms with Crippen molar-refractivity contribution in [2.75, 3.05) is 7.05 Å². The van der Waals surface area contributed by atoms with Gasteiger partial charge in [0.1, 0.15) is 0 Å². The van der Waals surface area contributed by atoms with Gasteiger partial charge in [-0.2, -0.15) is 0 Å². The summed E-state index contributed by atoms with van der Waals surface area (Å²) in [4.78, 5) is 36.1. The molecule has 1 aromatic carbocycles. The Balaban J connectivity index is 1.98. The molecule has 0 saturated carbocycles. The Labute approximate surface area is 142 Å². The molecule has 3 amide bonds. The maximum atomic E-state index is 12.1. The van der Waals surface area contributed by atoms with Crippen LogP contribution in [0.4, 0.5) is 10.5 Å². The molecule has 0 saturated heterocycles. The van der Waals surface area contributed by atoms with Crippen LogP contribution in [0.25, 0.3) is 0 Å². The molecule has 2 aromatic rings. The fourth-order valence-corrected chi connectivity index (χ4v) is 2.58. The van der Waals surface area contributed by atoms with Crippen LogP contribution in [0.5, 0.6) is 0 Å². The molecule has 1 heterocycles. The highest BCUT2D eigenvalue weighted by molar-refractivity contribution is 7.12. The Bertz CT molecular complexity index is 748. The molecule has 0 spiro atoms. The van der Waals surface area contributed by atoms with Crippen molar-refractivity contribution in [2.24, 2.45) is 0 Å². The van der Waals surface area contributed by atoms with Gasteiger partial charge in [0.15, 0.2) is 0 Å². The normalized spacial score (nSPS) is 11.4. The first-order valence-corrected chi connectivity index (χ1v) is 7.89. The lowest BCUT2D eigenvalue weighted by molar-refractivity contribution is -0.384. The molecular weight excluding hydrogens is 332 g/mol. The van der Waals surface area contributed by atoms with Gasteiger partial charge in [0.05, 0.1) is 15.8 Å². The Hall–Kier alpha value is -2.94. The third-order valence-corrected chi connectivity index (χ3v) is 4.36. The van der Waals surface area contributed by atoms with Crippen molar-refractivity contribution >= 4 is 29.0 Å². The van der Waals surface area contributed by atoms with Gasteiger partial charge < -0.3 is 4.90 Å². The molecule has 8 nitrogen and oxygen atoms in total. The topological polar surface area (TPSA) is 105 Å². The molecule has 2 N–H and O–H groups in total. The standard InChI is InChI=1S/C15H16N4O4S/c1-10(11-5-3-6-12(9-11)19(22)23)18(2)15(21)17-16-14(20)13-7-4-8-24-13/h3-10H,1-2H3,(H,16,20)(H,17,21)/t10-/m1/s1. The summed E-state index contributed by atoms with van der Waals surface area (Å²) in [5, 5.41) is 12.6. The zero-order valence-corrected chi connectivity index (χ0v) is 13.9. The number of hydrazine groups is 1. The summed E-state index contributed by atoms with van der Waals surface area (Å²) >= 11 is 1.26. The zero-order valence-electron chi connectivity index (χ0n) is 13.1. The fraction of sp³-hybridized carbons (Fsp3) is 0.200. The minimum absolute atomic E-state index is 0.0424. The van der Waals surface area contributed by atoms with Crippen LogP contribution in [-0.4, -0.2) is 28.8 Å². The number of rotatable bonds is 4. The Morgan fingerprint density at radius 3 is 2.62 bits per heavy atom. The number of nitro benzene ring substituents is 1. The molecule has 0 aliphatic rings. The van der Waals surface area contributed by atoms with Crippen molar-refractivity contribution in [3.63, 3.8) is 0 Å². The second-order valence-corrected chi connectivity index (χ2v) is 5.95. The number of hydrogen-bond acceptors (Lipinski definition) is 5. The lowest BCUT2D eigenvalue weighted by Crippen LogP contribution is -2.48. The van der Waals surface area contributed by atoms with Crippen molar-refractivity contribution in [2.45, 2.75) is 13.0 Å². The van der Waals surface area contributed by atoms with E-state index in [9.17, 15) is 19.7 Å². The van der Waals surface area contributed by atoms with E-state index in [1.54, 1.807) is 36.6 Å². The third kappa shape index (κ3) is 4.07. The Morgan fingerprint density at radius 1 is 1.25 bits per heavy atom. The van der Waals surface area contributed by atoms with E-state index in [2.05, 4.69) is 10.9 Å². The van der Waals surface area contributed by atoms with E-state index in [4.69, 9.17) is 0 Å². The minimum atomic E-state index is -0.529. The molecule has 0 aliphatic heterocycles. The van der Waals surface area contributed by atoms with Crippen molar-refractivity contribution in [3.8, 4) is 0 Å². The van der Waals surface area contributed by atoms with Crippen molar-refractivity contribution in [1.29, 1.82) is 0 Å². The average molecular weight is 348 g/mol. The van der Waals surface area contributed by atoms with E-state index in [0.717, 1.165) is 0 Å². The average Bonchev–Trinajstić information content (AvgIpc) is 3.12. The van der Waals surface area contributed by atoms with Crippen LogP contribution in [0.15, 0.2) is 41.8 Å². The highest BCUT2D eigenvalue weighted by Crippen LogP contribution is 2.22. The SMILES string of the molecule is C[C@H](c1cccc([N+](=O)[O-])c1)N(C)C(=O)NNC(=O)c1cccs1. The predicted molar refractivity (Wildman–Crippen MR) is 89.6 cm³/mol. The number of nitro groups is 1. The van der Waals surface area contributed by atoms with Gasteiger partial charge >= 0.3 is 6.03 Å². The summed E-state index contributed by atoms with van der Waals surface area (Å²) in [5.41, 5.74) is 5.22. The number of nitrogens with one attached hydrogen (secondary N) is 2. The number of carbonyl (C=O) groups is 2. The lowest BCUT2D eigenvalue weighted by atomic mass is 10.1. The first-order valence-electron chi connectivity index (χ1n) is 7.01. The van der Waals surface area contributed by atoms with Gasteiger partial charge in [-0.05, 0) is 23.9 Å². The van der Waals surface area contributed by atoms with E-state index in [1.165, 1.54) is 35.4 Å². The summed E-state index contributed by atoms with van der Waals surface area (Å²) in [6, 6.07) is 8.50.